The van der Waals surface area contributed by atoms with E-state index in [1.165, 1.54) is 12.1 Å². The molecule has 0 aliphatic heterocycles. The van der Waals surface area contributed by atoms with Crippen molar-refractivity contribution in [1.29, 1.82) is 0 Å². The van der Waals surface area contributed by atoms with Crippen LogP contribution < -0.4 is 0 Å². The molecule has 0 bridgehead atoms. The summed E-state index contributed by atoms with van der Waals surface area (Å²) in [5.41, 5.74) is 1.84. The molecule has 3 aromatic rings. The molecule has 0 saturated carbocycles. The highest BCUT2D eigenvalue weighted by Crippen LogP contribution is 2.32. The Bertz CT molecular complexity index is 919. The highest BCUT2D eigenvalue weighted by molar-refractivity contribution is 5.67. The average Bonchev–Trinajstić information content (AvgIpc) is 2.53. The van der Waals surface area contributed by atoms with Crippen LogP contribution in [0.5, 0.6) is 6.01 Å². The van der Waals surface area contributed by atoms with Crippen LogP contribution in [0.15, 0.2) is 42.5 Å². The number of halogens is 3. The van der Waals surface area contributed by atoms with Gasteiger partial charge in [-0.3, -0.25) is 0 Å². The summed E-state index contributed by atoms with van der Waals surface area (Å²) in [4.78, 5) is 12.0. The zero-order chi connectivity index (χ0) is 18.2. The Hall–Kier alpha value is -2.96. The van der Waals surface area contributed by atoms with Gasteiger partial charge in [-0.1, -0.05) is 30.3 Å². The number of alkyl halides is 3. The second-order valence-corrected chi connectivity index (χ2v) is 5.63. The van der Waals surface area contributed by atoms with Crippen molar-refractivity contribution in [1.82, 2.24) is 15.0 Å². The normalized spacial score (nSPS) is 11.6. The summed E-state index contributed by atoms with van der Waals surface area (Å²) in [5.74, 6) is 0.201. The molecule has 1 heterocycles. The monoisotopic (exact) mass is 345 g/mol. The Morgan fingerprint density at radius 3 is 2.08 bits per heavy atom. The number of aromatic hydroxyl groups is 1. The van der Waals surface area contributed by atoms with E-state index in [9.17, 15) is 18.3 Å². The summed E-state index contributed by atoms with van der Waals surface area (Å²) < 4.78 is 38.7. The van der Waals surface area contributed by atoms with Crippen LogP contribution in [-0.2, 0) is 6.18 Å². The minimum absolute atomic E-state index is 0.0174. The lowest BCUT2D eigenvalue weighted by molar-refractivity contribution is -0.137. The van der Waals surface area contributed by atoms with Gasteiger partial charge in [0.25, 0.3) is 0 Å². The van der Waals surface area contributed by atoms with E-state index in [4.69, 9.17) is 0 Å². The maximum Gasteiger partial charge on any atom is 0.416 e. The maximum absolute atomic E-state index is 12.9. The van der Waals surface area contributed by atoms with E-state index in [1.807, 2.05) is 32.0 Å². The fraction of sp³-hybridized carbons (Fsp3) is 0.167. The molecule has 0 saturated heterocycles. The third kappa shape index (κ3) is 3.45. The summed E-state index contributed by atoms with van der Waals surface area (Å²) in [6.07, 6.45) is -4.47. The molecule has 0 fully saturated rings. The predicted octanol–water partition coefficient (Wildman–Crippen LogP) is 4.55. The molecule has 25 heavy (non-hydrogen) atoms. The van der Waals surface area contributed by atoms with Gasteiger partial charge in [-0.2, -0.15) is 23.1 Å². The van der Waals surface area contributed by atoms with Crippen molar-refractivity contribution in [3.63, 3.8) is 0 Å². The third-order valence-electron chi connectivity index (χ3n) is 3.78. The highest BCUT2D eigenvalue weighted by atomic mass is 19.4. The van der Waals surface area contributed by atoms with Crippen LogP contribution in [0.2, 0.25) is 0 Å². The lowest BCUT2D eigenvalue weighted by Crippen LogP contribution is -2.05. The first-order valence-corrected chi connectivity index (χ1v) is 7.45. The van der Waals surface area contributed by atoms with Gasteiger partial charge in [0.05, 0.1) is 5.56 Å². The number of rotatable bonds is 2. The van der Waals surface area contributed by atoms with Gasteiger partial charge >= 0.3 is 12.2 Å². The first-order chi connectivity index (χ1) is 11.8. The van der Waals surface area contributed by atoms with Crippen molar-refractivity contribution in [2.24, 2.45) is 0 Å². The Morgan fingerprint density at radius 1 is 0.840 bits per heavy atom. The van der Waals surface area contributed by atoms with E-state index in [0.717, 1.165) is 23.3 Å². The van der Waals surface area contributed by atoms with E-state index in [1.54, 1.807) is 0 Å². The maximum atomic E-state index is 12.9. The van der Waals surface area contributed by atoms with Gasteiger partial charge in [-0.05, 0) is 37.1 Å². The first-order valence-electron chi connectivity index (χ1n) is 7.45. The van der Waals surface area contributed by atoms with Crippen LogP contribution in [0.1, 0.15) is 16.7 Å². The number of nitrogens with zero attached hydrogens (tertiary/aromatic N) is 3. The van der Waals surface area contributed by atoms with Crippen molar-refractivity contribution in [2.45, 2.75) is 20.0 Å². The zero-order valence-corrected chi connectivity index (χ0v) is 13.5. The molecular formula is C18H14F3N3O. The second-order valence-electron chi connectivity index (χ2n) is 5.63. The van der Waals surface area contributed by atoms with Crippen LogP contribution in [-0.4, -0.2) is 20.1 Å². The number of aromatic nitrogens is 3. The smallest absolute Gasteiger partial charge is 0.416 e. The minimum atomic E-state index is -4.47. The Kier molecular flexibility index (Phi) is 4.16. The van der Waals surface area contributed by atoms with E-state index >= 15 is 0 Å². The summed E-state index contributed by atoms with van der Waals surface area (Å²) in [6.45, 7) is 3.74. The molecule has 7 heteroatoms. The summed E-state index contributed by atoms with van der Waals surface area (Å²) in [6, 6.07) is 9.72. The zero-order valence-electron chi connectivity index (χ0n) is 13.5. The van der Waals surface area contributed by atoms with Crippen molar-refractivity contribution in [3.05, 3.63) is 59.2 Å². The van der Waals surface area contributed by atoms with Crippen LogP contribution in [0.4, 0.5) is 13.2 Å². The van der Waals surface area contributed by atoms with Gasteiger partial charge in [0.2, 0.25) is 0 Å². The molecule has 0 unspecified atom stereocenters. The molecule has 128 valence electrons. The number of benzene rings is 2. The van der Waals surface area contributed by atoms with Crippen molar-refractivity contribution >= 4 is 0 Å². The predicted molar refractivity (Wildman–Crippen MR) is 86.8 cm³/mol. The van der Waals surface area contributed by atoms with Crippen LogP contribution >= 0.6 is 0 Å². The van der Waals surface area contributed by atoms with E-state index in [-0.39, 0.29) is 17.2 Å². The largest absolute Gasteiger partial charge is 0.479 e. The lowest BCUT2D eigenvalue weighted by atomic mass is 10.0. The van der Waals surface area contributed by atoms with Crippen LogP contribution in [0, 0.1) is 13.8 Å². The molecule has 4 nitrogen and oxygen atoms in total. The molecule has 0 aliphatic rings. The minimum Gasteiger partial charge on any atom is -0.479 e. The molecule has 0 aliphatic carbocycles. The van der Waals surface area contributed by atoms with Gasteiger partial charge in [-0.25, -0.2) is 4.98 Å². The molecule has 0 atom stereocenters. The van der Waals surface area contributed by atoms with Crippen molar-refractivity contribution in [2.75, 3.05) is 0 Å². The van der Waals surface area contributed by atoms with Gasteiger partial charge < -0.3 is 5.11 Å². The summed E-state index contributed by atoms with van der Waals surface area (Å²) in [5, 5.41) is 9.84. The fourth-order valence-corrected chi connectivity index (χ4v) is 2.61. The quantitative estimate of drug-likeness (QED) is 0.740. The van der Waals surface area contributed by atoms with E-state index in [0.29, 0.717) is 5.56 Å². The van der Waals surface area contributed by atoms with Crippen molar-refractivity contribution < 1.29 is 18.3 Å². The molecule has 0 radical (unpaired) electrons. The molecule has 0 spiro atoms. The van der Waals surface area contributed by atoms with Gasteiger partial charge in [-0.15, -0.1) is 0 Å². The molecule has 2 aromatic carbocycles. The summed E-state index contributed by atoms with van der Waals surface area (Å²) in [7, 11) is 0. The third-order valence-corrected chi connectivity index (χ3v) is 3.78. The SMILES string of the molecule is Cc1cccc(C)c1-c1nc(O)nc(-c2cccc(C(F)(F)F)c2)n1. The Labute approximate surface area is 142 Å². The second kappa shape index (κ2) is 6.16. The molecule has 3 rings (SSSR count). The Morgan fingerprint density at radius 2 is 1.44 bits per heavy atom. The summed E-state index contributed by atoms with van der Waals surface area (Å²) >= 11 is 0. The van der Waals surface area contributed by atoms with E-state index in [2.05, 4.69) is 15.0 Å². The van der Waals surface area contributed by atoms with Gasteiger partial charge in [0.15, 0.2) is 11.6 Å². The molecular weight excluding hydrogens is 331 g/mol. The van der Waals surface area contributed by atoms with Crippen molar-refractivity contribution in [3.8, 4) is 28.8 Å². The number of hydrogen-bond acceptors (Lipinski definition) is 4. The fourth-order valence-electron chi connectivity index (χ4n) is 2.61. The Balaban J connectivity index is 2.16. The average molecular weight is 345 g/mol. The topological polar surface area (TPSA) is 58.9 Å². The molecule has 0 amide bonds. The highest BCUT2D eigenvalue weighted by Gasteiger charge is 2.30. The lowest BCUT2D eigenvalue weighted by Gasteiger charge is -2.11. The van der Waals surface area contributed by atoms with Crippen LogP contribution in [0.25, 0.3) is 22.8 Å². The van der Waals surface area contributed by atoms with Gasteiger partial charge in [0.1, 0.15) is 0 Å². The molecule has 1 N–H and O–H groups in total. The van der Waals surface area contributed by atoms with Crippen LogP contribution in [0.3, 0.4) is 0 Å². The number of aryl methyl sites for hydroxylation is 2. The first kappa shape index (κ1) is 16.9. The number of hydrogen-bond donors (Lipinski definition) is 1. The van der Waals surface area contributed by atoms with E-state index < -0.39 is 17.8 Å². The standard InChI is InChI=1S/C18H14F3N3O/c1-10-5-3-6-11(2)14(10)16-22-15(23-17(25)24-16)12-7-4-8-13(9-12)18(19,20)21/h3-9H,1-2H3,(H,22,23,24,25). The van der Waals surface area contributed by atoms with Gasteiger partial charge in [0, 0.05) is 11.1 Å². The molecule has 1 aromatic heterocycles.